The number of ether oxygens (including phenoxy) is 1. The molecule has 2 aliphatic rings. The predicted octanol–water partition coefficient (Wildman–Crippen LogP) is 2.38. The van der Waals surface area contributed by atoms with Crippen LogP contribution in [0.15, 0.2) is 18.3 Å². The van der Waals surface area contributed by atoms with Crippen LogP contribution in [0, 0.1) is 5.82 Å². The highest BCUT2D eigenvalue weighted by Gasteiger charge is 2.33. The number of piperidine rings is 1. The van der Waals surface area contributed by atoms with Crippen molar-refractivity contribution in [2.45, 2.75) is 38.3 Å². The molecule has 1 fully saturated rings. The summed E-state index contributed by atoms with van der Waals surface area (Å²) in [6.07, 6.45) is 4.77. The van der Waals surface area contributed by atoms with Gasteiger partial charge in [-0.25, -0.2) is 9.37 Å². The van der Waals surface area contributed by atoms with Crippen LogP contribution in [0.1, 0.15) is 52.7 Å². The number of likely N-dealkylation sites (tertiary alicyclic amines) is 1. The van der Waals surface area contributed by atoms with Crippen LogP contribution in [0.3, 0.4) is 0 Å². The Hall–Kier alpha value is -2.28. The van der Waals surface area contributed by atoms with Crippen LogP contribution < -0.4 is 0 Å². The fraction of sp³-hybridized carbons (Fsp3) is 0.471. The number of aromatic amines is 1. The predicted molar refractivity (Wildman–Crippen MR) is 83.8 cm³/mol. The van der Waals surface area contributed by atoms with Crippen LogP contribution in [0.25, 0.3) is 0 Å². The lowest BCUT2D eigenvalue weighted by Gasteiger charge is -2.35. The van der Waals surface area contributed by atoms with E-state index in [4.69, 9.17) is 4.74 Å². The maximum Gasteiger partial charge on any atom is 0.273 e. The van der Waals surface area contributed by atoms with Gasteiger partial charge in [-0.1, -0.05) is 0 Å². The van der Waals surface area contributed by atoms with Crippen LogP contribution >= 0.6 is 0 Å². The molecule has 1 atom stereocenters. The number of nitrogens with zero attached hydrogens (tertiary/aromatic N) is 3. The fourth-order valence-corrected chi connectivity index (χ4v) is 3.52. The number of pyridine rings is 1. The van der Waals surface area contributed by atoms with Crippen molar-refractivity contribution in [2.24, 2.45) is 0 Å². The molecule has 4 rings (SSSR count). The monoisotopic (exact) mass is 330 g/mol. The van der Waals surface area contributed by atoms with E-state index in [1.54, 1.807) is 0 Å². The highest BCUT2D eigenvalue weighted by Crippen LogP contribution is 2.34. The molecule has 126 valence electrons. The minimum absolute atomic E-state index is 0.0835. The van der Waals surface area contributed by atoms with Crippen molar-refractivity contribution >= 4 is 5.91 Å². The van der Waals surface area contributed by atoms with Gasteiger partial charge in [0.1, 0.15) is 11.5 Å². The molecule has 1 N–H and O–H groups in total. The number of amides is 1. The number of rotatable bonds is 2. The first kappa shape index (κ1) is 15.3. The second kappa shape index (κ2) is 6.32. The number of nitrogens with one attached hydrogen (secondary N) is 1. The molecule has 0 spiro atoms. The lowest BCUT2D eigenvalue weighted by Crippen LogP contribution is -2.39. The van der Waals surface area contributed by atoms with Gasteiger partial charge in [-0.3, -0.25) is 9.89 Å². The SMILES string of the molecule is O=C(c1ccc(F)cn1)N1CCCCC1c1n[nH]c2c1COCC2. The number of aromatic nitrogens is 3. The Kier molecular flexibility index (Phi) is 4.02. The van der Waals surface area contributed by atoms with Gasteiger partial charge in [0.05, 0.1) is 31.1 Å². The topological polar surface area (TPSA) is 71.1 Å². The Morgan fingerprint density at radius 2 is 2.29 bits per heavy atom. The van der Waals surface area contributed by atoms with Gasteiger partial charge in [0, 0.05) is 24.2 Å². The molecule has 1 unspecified atom stereocenters. The van der Waals surface area contributed by atoms with Crippen LogP contribution in [0.5, 0.6) is 0 Å². The third kappa shape index (κ3) is 2.69. The minimum Gasteiger partial charge on any atom is -0.376 e. The van der Waals surface area contributed by atoms with E-state index in [1.807, 2.05) is 4.90 Å². The van der Waals surface area contributed by atoms with E-state index in [0.717, 1.165) is 48.8 Å². The summed E-state index contributed by atoms with van der Waals surface area (Å²) >= 11 is 0. The fourth-order valence-electron chi connectivity index (χ4n) is 3.52. The summed E-state index contributed by atoms with van der Waals surface area (Å²) in [6.45, 7) is 1.89. The van der Waals surface area contributed by atoms with Crippen LogP contribution in [0.2, 0.25) is 0 Å². The lowest BCUT2D eigenvalue weighted by molar-refractivity contribution is 0.0590. The molecule has 4 heterocycles. The number of halogens is 1. The zero-order chi connectivity index (χ0) is 16.5. The lowest BCUT2D eigenvalue weighted by atomic mass is 9.95. The quantitative estimate of drug-likeness (QED) is 0.918. The van der Waals surface area contributed by atoms with Crippen molar-refractivity contribution in [3.8, 4) is 0 Å². The van der Waals surface area contributed by atoms with E-state index in [9.17, 15) is 9.18 Å². The van der Waals surface area contributed by atoms with Crippen molar-refractivity contribution in [3.63, 3.8) is 0 Å². The van der Waals surface area contributed by atoms with Crippen LogP contribution in [-0.4, -0.2) is 39.1 Å². The summed E-state index contributed by atoms with van der Waals surface area (Å²) in [6, 6.07) is 2.62. The van der Waals surface area contributed by atoms with Gasteiger partial charge < -0.3 is 9.64 Å². The maximum absolute atomic E-state index is 13.1. The first-order chi connectivity index (χ1) is 11.7. The van der Waals surface area contributed by atoms with E-state index in [2.05, 4.69) is 15.2 Å². The highest BCUT2D eigenvalue weighted by molar-refractivity contribution is 5.92. The molecule has 0 saturated carbocycles. The number of H-pyrrole nitrogens is 1. The van der Waals surface area contributed by atoms with Crippen molar-refractivity contribution in [1.29, 1.82) is 0 Å². The minimum atomic E-state index is -0.444. The molecule has 0 aromatic carbocycles. The number of fused-ring (bicyclic) bond motifs is 1. The number of carbonyl (C=O) groups is 1. The molecule has 24 heavy (non-hydrogen) atoms. The van der Waals surface area contributed by atoms with Gasteiger partial charge in [0.2, 0.25) is 0 Å². The molecule has 2 aromatic rings. The average molecular weight is 330 g/mol. The summed E-state index contributed by atoms with van der Waals surface area (Å²) in [5.74, 6) is -0.617. The van der Waals surface area contributed by atoms with Crippen LogP contribution in [0.4, 0.5) is 4.39 Å². The highest BCUT2D eigenvalue weighted by atomic mass is 19.1. The number of carbonyl (C=O) groups excluding carboxylic acids is 1. The molecule has 1 amide bonds. The van der Waals surface area contributed by atoms with Gasteiger partial charge in [0.25, 0.3) is 5.91 Å². The Morgan fingerprint density at radius 1 is 1.38 bits per heavy atom. The van der Waals surface area contributed by atoms with Crippen molar-refractivity contribution in [2.75, 3.05) is 13.2 Å². The van der Waals surface area contributed by atoms with Gasteiger partial charge in [-0.05, 0) is 31.4 Å². The first-order valence-corrected chi connectivity index (χ1v) is 8.30. The average Bonchev–Trinajstić information content (AvgIpc) is 3.06. The second-order valence-corrected chi connectivity index (χ2v) is 6.24. The molecular formula is C17H19FN4O2. The van der Waals surface area contributed by atoms with E-state index in [1.165, 1.54) is 12.1 Å². The van der Waals surface area contributed by atoms with Gasteiger partial charge in [0.15, 0.2) is 0 Å². The summed E-state index contributed by atoms with van der Waals surface area (Å²) in [7, 11) is 0. The first-order valence-electron chi connectivity index (χ1n) is 8.30. The van der Waals surface area contributed by atoms with Gasteiger partial charge in [-0.2, -0.15) is 5.10 Å². The summed E-state index contributed by atoms with van der Waals surface area (Å²) in [5.41, 5.74) is 3.36. The largest absolute Gasteiger partial charge is 0.376 e. The Labute approximate surface area is 139 Å². The van der Waals surface area contributed by atoms with E-state index < -0.39 is 5.82 Å². The smallest absolute Gasteiger partial charge is 0.273 e. The van der Waals surface area contributed by atoms with Crippen LogP contribution in [-0.2, 0) is 17.8 Å². The molecule has 0 aliphatic carbocycles. The molecule has 1 saturated heterocycles. The summed E-state index contributed by atoms with van der Waals surface area (Å²) in [5, 5.41) is 7.58. The molecule has 2 aliphatic heterocycles. The van der Waals surface area contributed by atoms with Gasteiger partial charge >= 0.3 is 0 Å². The Balaban J connectivity index is 1.65. The van der Waals surface area contributed by atoms with E-state index in [-0.39, 0.29) is 17.6 Å². The zero-order valence-electron chi connectivity index (χ0n) is 13.3. The Bertz CT molecular complexity index is 744. The third-order valence-corrected chi connectivity index (χ3v) is 4.75. The van der Waals surface area contributed by atoms with E-state index in [0.29, 0.717) is 19.8 Å². The second-order valence-electron chi connectivity index (χ2n) is 6.24. The molecule has 0 radical (unpaired) electrons. The maximum atomic E-state index is 13.1. The third-order valence-electron chi connectivity index (χ3n) is 4.75. The number of hydrogen-bond acceptors (Lipinski definition) is 4. The summed E-state index contributed by atoms with van der Waals surface area (Å²) < 4.78 is 18.6. The molecule has 7 heteroatoms. The molecule has 6 nitrogen and oxygen atoms in total. The Morgan fingerprint density at radius 3 is 3.12 bits per heavy atom. The number of hydrogen-bond donors (Lipinski definition) is 1. The van der Waals surface area contributed by atoms with Crippen molar-refractivity contribution in [3.05, 3.63) is 46.8 Å². The van der Waals surface area contributed by atoms with Crippen molar-refractivity contribution in [1.82, 2.24) is 20.1 Å². The molecule has 0 bridgehead atoms. The van der Waals surface area contributed by atoms with Crippen molar-refractivity contribution < 1.29 is 13.9 Å². The standard InChI is InChI=1S/C17H19FN4O2/c18-11-4-5-14(19-9-11)17(23)22-7-2-1-3-15(22)16-12-10-24-8-6-13(12)20-21-16/h4-5,9,15H,1-3,6-8,10H2,(H,20,21). The molecule has 2 aromatic heterocycles. The van der Waals surface area contributed by atoms with E-state index >= 15 is 0 Å². The molecular weight excluding hydrogens is 311 g/mol. The van der Waals surface area contributed by atoms with Gasteiger partial charge in [-0.15, -0.1) is 0 Å². The normalized spacial score (nSPS) is 20.7. The summed E-state index contributed by atoms with van der Waals surface area (Å²) in [4.78, 5) is 18.6. The zero-order valence-corrected chi connectivity index (χ0v) is 13.3.